The van der Waals surface area contributed by atoms with E-state index in [4.69, 9.17) is 15.3 Å². The molecule has 0 aromatic heterocycles. The first-order valence-corrected chi connectivity index (χ1v) is 6.72. The van der Waals surface area contributed by atoms with E-state index in [1.54, 1.807) is 0 Å². The number of hydrogen-bond donors (Lipinski definition) is 5. The van der Waals surface area contributed by atoms with E-state index in [0.717, 1.165) is 6.92 Å². The number of ether oxygens (including phenoxy) is 3. The molecule has 13 heteroatoms. The van der Waals surface area contributed by atoms with Crippen molar-refractivity contribution in [2.75, 3.05) is 13.2 Å². The molecule has 0 spiro atoms. The van der Waals surface area contributed by atoms with Crippen LogP contribution in [0.1, 0.15) is 6.92 Å². The molecule has 0 radical (unpaired) electrons. The van der Waals surface area contributed by atoms with Crippen LogP contribution in [0.5, 0.6) is 0 Å². The highest BCUT2D eigenvalue weighted by Crippen LogP contribution is 2.55. The summed E-state index contributed by atoms with van der Waals surface area (Å²) in [5.41, 5.74) is 0. The van der Waals surface area contributed by atoms with E-state index in [2.05, 4.69) is 14.2 Å². The Morgan fingerprint density at radius 1 is 1.05 bits per heavy atom. The highest BCUT2D eigenvalue weighted by Gasteiger charge is 2.57. The molecular weight excluding hydrogens is 319 g/mol. The van der Waals surface area contributed by atoms with Crippen molar-refractivity contribution in [3.8, 4) is 0 Å². The lowest BCUT2D eigenvalue weighted by molar-refractivity contribution is -0.0674. The van der Waals surface area contributed by atoms with Gasteiger partial charge in [-0.2, -0.15) is 0 Å². The molecular formula is C8H13O12P. The Hall–Kier alpha value is -2.04. The molecule has 0 amide bonds. The van der Waals surface area contributed by atoms with Crippen molar-refractivity contribution in [1.29, 1.82) is 0 Å². The van der Waals surface area contributed by atoms with Crippen molar-refractivity contribution in [3.05, 3.63) is 0 Å². The maximum absolute atomic E-state index is 11.5. The zero-order chi connectivity index (χ0) is 16.8. The molecule has 21 heavy (non-hydrogen) atoms. The molecule has 5 N–H and O–H groups in total. The van der Waals surface area contributed by atoms with Gasteiger partial charge in [0.1, 0.15) is 13.2 Å². The molecule has 2 atom stereocenters. The minimum Gasteiger partial charge on any atom is -0.450 e. The van der Waals surface area contributed by atoms with Crippen molar-refractivity contribution in [3.63, 3.8) is 0 Å². The lowest BCUT2D eigenvalue weighted by atomic mass is 10.1. The zero-order valence-corrected chi connectivity index (χ0v) is 11.4. The first-order valence-electron chi connectivity index (χ1n) is 5.11. The van der Waals surface area contributed by atoms with Gasteiger partial charge in [-0.05, 0) is 0 Å². The molecule has 0 saturated carbocycles. The zero-order valence-electron chi connectivity index (χ0n) is 10.5. The Morgan fingerprint density at radius 2 is 1.52 bits per heavy atom. The van der Waals surface area contributed by atoms with Crippen LogP contribution in [0.4, 0.5) is 14.4 Å². The number of carboxylic acid groups (broad SMARTS) is 3. The minimum atomic E-state index is -5.40. The molecule has 2 unspecified atom stereocenters. The van der Waals surface area contributed by atoms with Gasteiger partial charge in [0.25, 0.3) is 5.34 Å². The molecule has 0 bridgehead atoms. The molecule has 0 aliphatic heterocycles. The third kappa shape index (κ3) is 5.45. The van der Waals surface area contributed by atoms with Crippen LogP contribution in [0, 0.1) is 5.92 Å². The minimum absolute atomic E-state index is 0.864. The van der Waals surface area contributed by atoms with Gasteiger partial charge in [-0.3, -0.25) is 4.57 Å². The van der Waals surface area contributed by atoms with Crippen LogP contribution >= 0.6 is 7.60 Å². The van der Waals surface area contributed by atoms with Gasteiger partial charge < -0.3 is 39.3 Å². The number of hydrogen-bond acceptors (Lipinski definition) is 7. The molecule has 0 aliphatic carbocycles. The quantitative estimate of drug-likeness (QED) is 0.247. The Kier molecular flexibility index (Phi) is 6.42. The van der Waals surface area contributed by atoms with E-state index in [1.807, 2.05) is 0 Å². The van der Waals surface area contributed by atoms with Gasteiger partial charge >= 0.3 is 26.1 Å². The van der Waals surface area contributed by atoms with Crippen LogP contribution < -0.4 is 0 Å². The molecule has 0 rings (SSSR count). The lowest BCUT2D eigenvalue weighted by Crippen LogP contribution is -2.47. The van der Waals surface area contributed by atoms with Gasteiger partial charge in [0.2, 0.25) is 0 Å². The molecule has 0 heterocycles. The van der Waals surface area contributed by atoms with Crippen molar-refractivity contribution in [1.82, 2.24) is 0 Å². The fraction of sp³-hybridized carbons (Fsp3) is 0.625. The fourth-order valence-corrected chi connectivity index (χ4v) is 2.42. The summed E-state index contributed by atoms with van der Waals surface area (Å²) >= 11 is 0. The first-order chi connectivity index (χ1) is 9.42. The molecule has 0 aromatic carbocycles. The second-order valence-corrected chi connectivity index (χ2v) is 5.63. The van der Waals surface area contributed by atoms with Gasteiger partial charge in [0, 0.05) is 5.92 Å². The second kappa shape index (κ2) is 7.11. The Bertz CT molecular complexity index is 454. The van der Waals surface area contributed by atoms with Crippen LogP contribution in [-0.4, -0.2) is 62.1 Å². The Labute approximate surface area is 117 Å². The SMILES string of the molecule is CC(COC(=O)O)C(COC(=O)O)(OC(=O)O)P(=O)(O)O. The Morgan fingerprint density at radius 3 is 1.86 bits per heavy atom. The summed E-state index contributed by atoms with van der Waals surface area (Å²) < 4.78 is 23.7. The topological polar surface area (TPSA) is 197 Å². The first kappa shape index (κ1) is 19.0. The van der Waals surface area contributed by atoms with Gasteiger partial charge in [0.15, 0.2) is 0 Å². The second-order valence-electron chi connectivity index (χ2n) is 3.79. The summed E-state index contributed by atoms with van der Waals surface area (Å²) in [5, 5.41) is 22.3. The summed E-state index contributed by atoms with van der Waals surface area (Å²) in [5.74, 6) is -1.54. The molecule has 0 saturated heterocycles. The summed E-state index contributed by atoms with van der Waals surface area (Å²) in [4.78, 5) is 49.8. The summed E-state index contributed by atoms with van der Waals surface area (Å²) in [6, 6.07) is 0. The Balaban J connectivity index is 5.53. The average molecular weight is 332 g/mol. The highest BCUT2D eigenvalue weighted by atomic mass is 31.2. The molecule has 122 valence electrons. The fourth-order valence-electron chi connectivity index (χ4n) is 1.35. The van der Waals surface area contributed by atoms with E-state index < -0.39 is 50.5 Å². The summed E-state index contributed by atoms with van der Waals surface area (Å²) in [6.07, 6.45) is -5.83. The van der Waals surface area contributed by atoms with Crippen molar-refractivity contribution in [2.45, 2.75) is 12.3 Å². The van der Waals surface area contributed by atoms with Crippen LogP contribution in [0.3, 0.4) is 0 Å². The highest BCUT2D eigenvalue weighted by molar-refractivity contribution is 7.53. The molecule has 12 nitrogen and oxygen atoms in total. The number of rotatable bonds is 7. The maximum Gasteiger partial charge on any atom is 0.507 e. The van der Waals surface area contributed by atoms with E-state index in [9.17, 15) is 28.7 Å². The molecule has 0 aliphatic rings. The lowest BCUT2D eigenvalue weighted by Gasteiger charge is -2.35. The summed E-state index contributed by atoms with van der Waals surface area (Å²) in [7, 11) is -5.40. The monoisotopic (exact) mass is 332 g/mol. The van der Waals surface area contributed by atoms with Gasteiger partial charge in [-0.1, -0.05) is 6.92 Å². The van der Waals surface area contributed by atoms with E-state index >= 15 is 0 Å². The van der Waals surface area contributed by atoms with Crippen LogP contribution in [-0.2, 0) is 18.8 Å². The molecule has 0 fully saturated rings. The van der Waals surface area contributed by atoms with Crippen molar-refractivity contribution >= 4 is 26.1 Å². The van der Waals surface area contributed by atoms with Gasteiger partial charge in [-0.25, -0.2) is 14.4 Å². The van der Waals surface area contributed by atoms with Crippen LogP contribution in [0.25, 0.3) is 0 Å². The normalized spacial score (nSPS) is 15.4. The third-order valence-electron chi connectivity index (χ3n) is 2.39. The molecule has 0 aromatic rings. The van der Waals surface area contributed by atoms with E-state index in [-0.39, 0.29) is 0 Å². The third-order valence-corrected chi connectivity index (χ3v) is 4.03. The average Bonchev–Trinajstić information content (AvgIpc) is 2.29. The van der Waals surface area contributed by atoms with Crippen LogP contribution in [0.15, 0.2) is 0 Å². The van der Waals surface area contributed by atoms with Crippen molar-refractivity contribution < 1.29 is 58.3 Å². The maximum atomic E-state index is 11.5. The summed E-state index contributed by atoms with van der Waals surface area (Å²) in [6.45, 7) is -1.21. The van der Waals surface area contributed by atoms with Gasteiger partial charge in [0.05, 0.1) is 0 Å². The smallest absolute Gasteiger partial charge is 0.450 e. The van der Waals surface area contributed by atoms with E-state index in [0.29, 0.717) is 0 Å². The van der Waals surface area contributed by atoms with Crippen molar-refractivity contribution in [2.24, 2.45) is 5.92 Å². The van der Waals surface area contributed by atoms with Crippen LogP contribution in [0.2, 0.25) is 0 Å². The standard InChI is InChI=1S/C8H13O12P/c1-4(2-18-5(9)10)8(20-7(13)14,21(15,16)17)3-19-6(11)12/h4H,2-3H2,1H3,(H,9,10)(H,11,12)(H,13,14)(H2,15,16,17). The predicted octanol–water partition coefficient (Wildman–Crippen LogP) is 0.580. The van der Waals surface area contributed by atoms with Gasteiger partial charge in [-0.15, -0.1) is 0 Å². The number of carbonyl (C=O) groups is 3. The predicted molar refractivity (Wildman–Crippen MR) is 61.0 cm³/mol. The van der Waals surface area contributed by atoms with E-state index in [1.165, 1.54) is 0 Å². The largest absolute Gasteiger partial charge is 0.507 e.